The van der Waals surface area contributed by atoms with Crippen LogP contribution < -0.4 is 0 Å². The normalized spacial score (nSPS) is 11.2. The standard InChI is InChI=1S/C18H18O4/c1-11(2)18(22)17-13(9-15(20)10-16(17)21)6-3-12-4-7-14(19)8-5-12/h3-11,19-21H,1-2H3/b6-3+. The first-order valence-electron chi connectivity index (χ1n) is 6.96. The lowest BCUT2D eigenvalue weighted by atomic mass is 9.94. The van der Waals surface area contributed by atoms with Crippen LogP contribution in [0.15, 0.2) is 36.4 Å². The fourth-order valence-corrected chi connectivity index (χ4v) is 2.09. The molecule has 4 nitrogen and oxygen atoms in total. The van der Waals surface area contributed by atoms with Gasteiger partial charge in [-0.15, -0.1) is 0 Å². The number of aromatic hydroxyl groups is 3. The molecule has 0 saturated carbocycles. The Kier molecular flexibility index (Phi) is 4.51. The van der Waals surface area contributed by atoms with Crippen molar-refractivity contribution in [3.8, 4) is 17.2 Å². The van der Waals surface area contributed by atoms with Crippen LogP contribution in [0.1, 0.15) is 35.3 Å². The molecule has 0 aromatic heterocycles. The Hall–Kier alpha value is -2.75. The van der Waals surface area contributed by atoms with Gasteiger partial charge in [0.25, 0.3) is 0 Å². The van der Waals surface area contributed by atoms with Gasteiger partial charge in [-0.3, -0.25) is 4.79 Å². The van der Waals surface area contributed by atoms with E-state index in [0.717, 1.165) is 11.6 Å². The molecule has 0 atom stereocenters. The molecule has 0 fully saturated rings. The average molecular weight is 298 g/mol. The minimum absolute atomic E-state index is 0.108. The van der Waals surface area contributed by atoms with Crippen LogP contribution in [0.2, 0.25) is 0 Å². The first-order chi connectivity index (χ1) is 10.4. The van der Waals surface area contributed by atoms with Crippen molar-refractivity contribution in [3.05, 3.63) is 53.1 Å². The van der Waals surface area contributed by atoms with Gasteiger partial charge in [0.15, 0.2) is 5.78 Å². The lowest BCUT2D eigenvalue weighted by Crippen LogP contribution is -2.09. The predicted octanol–water partition coefficient (Wildman–Crippen LogP) is 3.81. The highest BCUT2D eigenvalue weighted by molar-refractivity contribution is 6.03. The smallest absolute Gasteiger partial charge is 0.169 e. The fraction of sp³-hybridized carbons (Fsp3) is 0.167. The summed E-state index contributed by atoms with van der Waals surface area (Å²) in [6.07, 6.45) is 3.40. The van der Waals surface area contributed by atoms with E-state index in [1.807, 2.05) is 0 Å². The molecule has 0 aliphatic carbocycles. The summed E-state index contributed by atoms with van der Waals surface area (Å²) in [5.74, 6) is -0.630. The minimum atomic E-state index is -0.267. The predicted molar refractivity (Wildman–Crippen MR) is 86.0 cm³/mol. The van der Waals surface area contributed by atoms with Gasteiger partial charge >= 0.3 is 0 Å². The quantitative estimate of drug-likeness (QED) is 0.592. The molecular formula is C18H18O4. The maximum atomic E-state index is 12.2. The summed E-state index contributed by atoms with van der Waals surface area (Å²) in [6.45, 7) is 3.50. The Bertz CT molecular complexity index is 713. The molecule has 22 heavy (non-hydrogen) atoms. The summed E-state index contributed by atoms with van der Waals surface area (Å²) in [4.78, 5) is 12.2. The fourth-order valence-electron chi connectivity index (χ4n) is 2.09. The van der Waals surface area contributed by atoms with Crippen molar-refractivity contribution in [2.24, 2.45) is 5.92 Å². The summed E-state index contributed by atoms with van der Waals surface area (Å²) in [7, 11) is 0. The van der Waals surface area contributed by atoms with Crippen LogP contribution in [-0.4, -0.2) is 21.1 Å². The molecule has 2 rings (SSSR count). The number of phenols is 3. The van der Waals surface area contributed by atoms with Crippen LogP contribution in [0, 0.1) is 5.92 Å². The highest BCUT2D eigenvalue weighted by Gasteiger charge is 2.19. The molecule has 0 saturated heterocycles. The number of ketones is 1. The van der Waals surface area contributed by atoms with Gasteiger partial charge in [-0.2, -0.15) is 0 Å². The topological polar surface area (TPSA) is 77.8 Å². The molecule has 114 valence electrons. The molecule has 3 N–H and O–H groups in total. The first kappa shape index (κ1) is 15.6. The number of benzene rings is 2. The van der Waals surface area contributed by atoms with Crippen molar-refractivity contribution in [1.82, 2.24) is 0 Å². The van der Waals surface area contributed by atoms with Crippen molar-refractivity contribution >= 4 is 17.9 Å². The summed E-state index contributed by atoms with van der Waals surface area (Å²) in [5.41, 5.74) is 1.47. The summed E-state index contributed by atoms with van der Waals surface area (Å²) in [6, 6.07) is 9.15. The van der Waals surface area contributed by atoms with E-state index in [2.05, 4.69) is 0 Å². The van der Waals surface area contributed by atoms with Gasteiger partial charge in [-0.1, -0.05) is 38.1 Å². The zero-order chi connectivity index (χ0) is 16.3. The van der Waals surface area contributed by atoms with Crippen molar-refractivity contribution in [1.29, 1.82) is 0 Å². The van der Waals surface area contributed by atoms with Crippen molar-refractivity contribution < 1.29 is 20.1 Å². The van der Waals surface area contributed by atoms with Crippen LogP contribution in [0.25, 0.3) is 12.2 Å². The van der Waals surface area contributed by atoms with E-state index in [-0.39, 0.29) is 34.5 Å². The second-order valence-corrected chi connectivity index (χ2v) is 5.37. The zero-order valence-corrected chi connectivity index (χ0v) is 12.4. The average Bonchev–Trinajstić information content (AvgIpc) is 2.45. The van der Waals surface area contributed by atoms with E-state index in [1.54, 1.807) is 50.3 Å². The summed E-state index contributed by atoms with van der Waals surface area (Å²) >= 11 is 0. The van der Waals surface area contributed by atoms with Gasteiger partial charge < -0.3 is 15.3 Å². The molecule has 2 aromatic rings. The lowest BCUT2D eigenvalue weighted by molar-refractivity contribution is 0.0936. The monoisotopic (exact) mass is 298 g/mol. The van der Waals surface area contributed by atoms with Crippen LogP contribution in [0.3, 0.4) is 0 Å². The van der Waals surface area contributed by atoms with Gasteiger partial charge in [0.1, 0.15) is 17.2 Å². The van der Waals surface area contributed by atoms with E-state index in [0.29, 0.717) is 5.56 Å². The molecule has 0 aliphatic rings. The number of carbonyl (C=O) groups is 1. The van der Waals surface area contributed by atoms with Gasteiger partial charge in [0.2, 0.25) is 0 Å². The number of carbonyl (C=O) groups excluding carboxylic acids is 1. The molecular weight excluding hydrogens is 280 g/mol. The molecule has 0 aliphatic heterocycles. The molecule has 0 unspecified atom stereocenters. The van der Waals surface area contributed by atoms with E-state index in [4.69, 9.17) is 0 Å². The largest absolute Gasteiger partial charge is 0.508 e. The number of phenolic OH excluding ortho intramolecular Hbond substituents is 3. The molecule has 4 heteroatoms. The van der Waals surface area contributed by atoms with E-state index >= 15 is 0 Å². The Labute approximate surface area is 129 Å². The summed E-state index contributed by atoms with van der Waals surface area (Å²) < 4.78 is 0. The lowest BCUT2D eigenvalue weighted by Gasteiger charge is -2.11. The van der Waals surface area contributed by atoms with Crippen LogP contribution >= 0.6 is 0 Å². The van der Waals surface area contributed by atoms with Gasteiger partial charge in [-0.25, -0.2) is 0 Å². The van der Waals surface area contributed by atoms with Crippen LogP contribution in [0.5, 0.6) is 17.2 Å². The van der Waals surface area contributed by atoms with Crippen molar-refractivity contribution in [2.75, 3.05) is 0 Å². The Morgan fingerprint density at radius 2 is 1.59 bits per heavy atom. The third kappa shape index (κ3) is 3.47. The number of Topliss-reactive ketones (excluding diaryl/α,β-unsaturated/α-hetero) is 1. The van der Waals surface area contributed by atoms with Crippen molar-refractivity contribution in [3.63, 3.8) is 0 Å². The third-order valence-electron chi connectivity index (χ3n) is 3.25. The maximum absolute atomic E-state index is 12.2. The number of hydrogen-bond acceptors (Lipinski definition) is 4. The summed E-state index contributed by atoms with van der Waals surface area (Å²) in [5, 5.41) is 28.9. The van der Waals surface area contributed by atoms with Gasteiger partial charge in [-0.05, 0) is 29.3 Å². The SMILES string of the molecule is CC(C)C(=O)c1c(O)cc(O)cc1/C=C/c1ccc(O)cc1. The third-order valence-corrected chi connectivity index (χ3v) is 3.25. The van der Waals surface area contributed by atoms with E-state index < -0.39 is 0 Å². The van der Waals surface area contributed by atoms with Crippen molar-refractivity contribution in [2.45, 2.75) is 13.8 Å². The van der Waals surface area contributed by atoms with Crippen LogP contribution in [0.4, 0.5) is 0 Å². The molecule has 0 radical (unpaired) electrons. The Balaban J connectivity index is 2.45. The molecule has 0 heterocycles. The van der Waals surface area contributed by atoms with E-state index in [9.17, 15) is 20.1 Å². The second-order valence-electron chi connectivity index (χ2n) is 5.37. The molecule has 0 spiro atoms. The minimum Gasteiger partial charge on any atom is -0.508 e. The zero-order valence-electron chi connectivity index (χ0n) is 12.4. The molecule has 2 aromatic carbocycles. The van der Waals surface area contributed by atoms with Crippen LogP contribution in [-0.2, 0) is 0 Å². The Morgan fingerprint density at radius 1 is 0.955 bits per heavy atom. The van der Waals surface area contributed by atoms with E-state index in [1.165, 1.54) is 6.07 Å². The maximum Gasteiger partial charge on any atom is 0.169 e. The Morgan fingerprint density at radius 3 is 2.18 bits per heavy atom. The number of rotatable bonds is 4. The molecule has 0 bridgehead atoms. The molecule has 0 amide bonds. The second kappa shape index (κ2) is 6.35. The first-order valence-corrected chi connectivity index (χ1v) is 6.96. The van der Waals surface area contributed by atoms with Gasteiger partial charge in [0.05, 0.1) is 5.56 Å². The highest BCUT2D eigenvalue weighted by atomic mass is 16.3. The number of hydrogen-bond donors (Lipinski definition) is 3. The highest BCUT2D eigenvalue weighted by Crippen LogP contribution is 2.30. The van der Waals surface area contributed by atoms with Gasteiger partial charge in [0, 0.05) is 12.0 Å².